The van der Waals surface area contributed by atoms with Crippen LogP contribution in [0, 0.1) is 0 Å². The van der Waals surface area contributed by atoms with Crippen molar-refractivity contribution in [2.45, 2.75) is 10.8 Å². The van der Waals surface area contributed by atoms with Crippen molar-refractivity contribution >= 4 is 43.4 Å². The van der Waals surface area contributed by atoms with Gasteiger partial charge in [0.15, 0.2) is 4.34 Å². The highest BCUT2D eigenvalue weighted by atomic mass is 32.2. The van der Waals surface area contributed by atoms with Gasteiger partial charge in [-0.2, -0.15) is 0 Å². The highest BCUT2D eigenvalue weighted by Gasteiger charge is 2.03. The molecule has 0 aliphatic heterocycles. The highest BCUT2D eigenvalue weighted by Crippen LogP contribution is 2.29. The molecule has 0 saturated heterocycles. The van der Waals surface area contributed by atoms with Crippen LogP contribution in [-0.2, 0) is 10.1 Å². The summed E-state index contributed by atoms with van der Waals surface area (Å²) in [6.45, 7) is 0. The highest BCUT2D eigenvalue weighted by molar-refractivity contribution is 8.01. The second-order valence-electron chi connectivity index (χ2n) is 3.41. The minimum Gasteiger partial charge on any atom is -0.748 e. The number of nitrogens with zero attached hydrogens (tertiary/aromatic N) is 1. The molecular weight excluding hydrogens is 278 g/mol. The van der Waals surface area contributed by atoms with Crippen molar-refractivity contribution in [1.29, 1.82) is 0 Å². The minimum atomic E-state index is -4.08. The smallest absolute Gasteiger partial charge is 0.151 e. The number of hydrogen-bond donors (Lipinski definition) is 0. The molecule has 0 spiro atoms. The Morgan fingerprint density at radius 3 is 2.82 bits per heavy atom. The summed E-state index contributed by atoms with van der Waals surface area (Å²) >= 11 is 3.07. The summed E-state index contributed by atoms with van der Waals surface area (Å²) in [4.78, 5) is 4.40. The third kappa shape index (κ3) is 3.95. The quantitative estimate of drug-likeness (QED) is 0.480. The molecule has 2 rings (SSSR count). The Bertz CT molecular complexity index is 573. The first-order valence-corrected chi connectivity index (χ1v) is 8.34. The Balaban J connectivity index is 1.91. The molecule has 0 bridgehead atoms. The maximum Gasteiger partial charge on any atom is 0.151 e. The van der Waals surface area contributed by atoms with Crippen molar-refractivity contribution < 1.29 is 13.0 Å². The molecule has 7 heteroatoms. The molecule has 0 amide bonds. The van der Waals surface area contributed by atoms with Gasteiger partial charge in [0.05, 0.1) is 20.3 Å². The topological polar surface area (TPSA) is 70.1 Å². The van der Waals surface area contributed by atoms with Crippen LogP contribution in [0.25, 0.3) is 10.2 Å². The van der Waals surface area contributed by atoms with Crippen LogP contribution in [0.4, 0.5) is 0 Å². The Morgan fingerprint density at radius 2 is 2.12 bits per heavy atom. The van der Waals surface area contributed by atoms with Gasteiger partial charge in [0.1, 0.15) is 0 Å². The lowest BCUT2D eigenvalue weighted by Crippen LogP contribution is -2.04. The van der Waals surface area contributed by atoms with Crippen LogP contribution in [0.3, 0.4) is 0 Å². The fourth-order valence-electron chi connectivity index (χ4n) is 1.31. The molecule has 0 saturated carbocycles. The summed E-state index contributed by atoms with van der Waals surface area (Å²) in [6, 6.07) is 7.83. The van der Waals surface area contributed by atoms with E-state index in [1.807, 2.05) is 24.3 Å². The number of para-hydroxylation sites is 1. The lowest BCUT2D eigenvalue weighted by atomic mass is 10.3. The second kappa shape index (κ2) is 5.34. The van der Waals surface area contributed by atoms with Crippen molar-refractivity contribution in [3.05, 3.63) is 24.3 Å². The van der Waals surface area contributed by atoms with Crippen LogP contribution in [-0.4, -0.2) is 29.5 Å². The first-order chi connectivity index (χ1) is 8.04. The zero-order chi connectivity index (χ0) is 12.3. The summed E-state index contributed by atoms with van der Waals surface area (Å²) in [7, 11) is -4.08. The first-order valence-electron chi connectivity index (χ1n) is 4.96. The van der Waals surface area contributed by atoms with Gasteiger partial charge in [0.2, 0.25) is 0 Å². The van der Waals surface area contributed by atoms with Crippen LogP contribution in [0.5, 0.6) is 0 Å². The summed E-state index contributed by atoms with van der Waals surface area (Å²) < 4.78 is 33.2. The van der Waals surface area contributed by atoms with Gasteiger partial charge in [-0.1, -0.05) is 23.9 Å². The lowest BCUT2D eigenvalue weighted by Gasteiger charge is -2.04. The summed E-state index contributed by atoms with van der Waals surface area (Å²) in [5.41, 5.74) is 0.955. The third-order valence-corrected chi connectivity index (χ3v) is 5.09. The Labute approximate surface area is 108 Å². The van der Waals surface area contributed by atoms with Gasteiger partial charge in [0, 0.05) is 11.5 Å². The molecular formula is C10H10NO3S3-. The van der Waals surface area contributed by atoms with Crippen LogP contribution in [0.15, 0.2) is 28.6 Å². The van der Waals surface area contributed by atoms with Crippen LogP contribution in [0.2, 0.25) is 0 Å². The van der Waals surface area contributed by atoms with E-state index in [0.717, 1.165) is 14.6 Å². The molecule has 0 N–H and O–H groups in total. The largest absolute Gasteiger partial charge is 0.748 e. The maximum absolute atomic E-state index is 10.4. The van der Waals surface area contributed by atoms with E-state index in [0.29, 0.717) is 12.2 Å². The van der Waals surface area contributed by atoms with Gasteiger partial charge in [-0.25, -0.2) is 13.4 Å². The predicted molar refractivity (Wildman–Crippen MR) is 69.5 cm³/mol. The molecule has 1 heterocycles. The number of fused-ring (bicyclic) bond motifs is 1. The number of benzene rings is 1. The molecule has 0 unspecified atom stereocenters. The van der Waals surface area contributed by atoms with E-state index in [9.17, 15) is 13.0 Å². The molecule has 0 fully saturated rings. The van der Waals surface area contributed by atoms with Crippen LogP contribution in [0.1, 0.15) is 6.42 Å². The molecule has 92 valence electrons. The number of hydrogen-bond acceptors (Lipinski definition) is 6. The maximum atomic E-state index is 10.4. The molecule has 0 aliphatic carbocycles. The van der Waals surface area contributed by atoms with Crippen molar-refractivity contribution in [3.63, 3.8) is 0 Å². The van der Waals surface area contributed by atoms with Gasteiger partial charge in [-0.15, -0.1) is 11.3 Å². The predicted octanol–water partition coefficient (Wildman–Crippen LogP) is 2.32. The Kier molecular flexibility index (Phi) is 4.03. The van der Waals surface area contributed by atoms with Crippen molar-refractivity contribution in [1.82, 2.24) is 4.98 Å². The Hall–Kier alpha value is -0.630. The zero-order valence-corrected chi connectivity index (χ0v) is 11.3. The molecule has 0 aliphatic rings. The fourth-order valence-corrected chi connectivity index (χ4v) is 4.07. The van der Waals surface area contributed by atoms with Crippen molar-refractivity contribution in [2.75, 3.05) is 11.5 Å². The van der Waals surface area contributed by atoms with E-state index in [-0.39, 0.29) is 5.75 Å². The third-order valence-electron chi connectivity index (χ3n) is 2.04. The standard InChI is InChI=1S/C10H11NO3S3/c12-17(13,14)7-3-6-15-10-11-8-4-1-2-5-9(8)16-10/h1-2,4-5H,3,6-7H2,(H,12,13,14)/p-1. The summed E-state index contributed by atoms with van der Waals surface area (Å²) in [5.74, 6) is 0.298. The SMILES string of the molecule is O=S(=O)([O-])CCCSc1nc2ccccc2s1. The average Bonchev–Trinajstić information content (AvgIpc) is 2.65. The molecule has 0 atom stereocenters. The lowest BCUT2D eigenvalue weighted by molar-refractivity contribution is 0.462. The van der Waals surface area contributed by atoms with E-state index < -0.39 is 10.1 Å². The van der Waals surface area contributed by atoms with Gasteiger partial charge in [0.25, 0.3) is 0 Å². The second-order valence-corrected chi connectivity index (χ2v) is 7.31. The molecule has 1 aromatic heterocycles. The van der Waals surface area contributed by atoms with Crippen molar-refractivity contribution in [2.24, 2.45) is 0 Å². The number of rotatable bonds is 5. The van der Waals surface area contributed by atoms with Gasteiger partial charge in [-0.3, -0.25) is 0 Å². The van der Waals surface area contributed by atoms with E-state index in [1.54, 1.807) is 11.3 Å². The average molecular weight is 288 g/mol. The van der Waals surface area contributed by atoms with Gasteiger partial charge >= 0.3 is 0 Å². The zero-order valence-electron chi connectivity index (χ0n) is 8.83. The molecule has 0 radical (unpaired) electrons. The first kappa shape index (κ1) is 12.8. The summed E-state index contributed by atoms with van der Waals surface area (Å²) in [5, 5.41) is 0. The van der Waals surface area contributed by atoms with E-state index in [1.165, 1.54) is 11.8 Å². The van der Waals surface area contributed by atoms with Crippen LogP contribution < -0.4 is 0 Å². The van der Waals surface area contributed by atoms with Crippen LogP contribution >= 0.6 is 23.1 Å². The fraction of sp³-hybridized carbons (Fsp3) is 0.300. The normalized spacial score (nSPS) is 12.1. The van der Waals surface area contributed by atoms with Gasteiger partial charge < -0.3 is 4.55 Å². The molecule has 1 aromatic carbocycles. The number of thioether (sulfide) groups is 1. The molecule has 17 heavy (non-hydrogen) atoms. The van der Waals surface area contributed by atoms with Gasteiger partial charge in [-0.05, 0) is 18.6 Å². The Morgan fingerprint density at radius 1 is 1.35 bits per heavy atom. The summed E-state index contributed by atoms with van der Waals surface area (Å²) in [6.07, 6.45) is 0.367. The monoisotopic (exact) mass is 288 g/mol. The van der Waals surface area contributed by atoms with E-state index >= 15 is 0 Å². The number of aromatic nitrogens is 1. The molecule has 4 nitrogen and oxygen atoms in total. The number of thiazole rings is 1. The van der Waals surface area contributed by atoms with Crippen molar-refractivity contribution in [3.8, 4) is 0 Å². The van der Waals surface area contributed by atoms with E-state index in [4.69, 9.17) is 0 Å². The minimum absolute atomic E-state index is 0.301. The van der Waals surface area contributed by atoms with E-state index in [2.05, 4.69) is 4.98 Å². The molecule has 2 aromatic rings.